The number of benzene rings is 2. The molecule has 0 spiro atoms. The van der Waals surface area contributed by atoms with E-state index in [0.717, 1.165) is 0 Å². The average Bonchev–Trinajstić information content (AvgIpc) is 3.02. The van der Waals surface area contributed by atoms with Crippen molar-refractivity contribution < 1.29 is 29.3 Å². The van der Waals surface area contributed by atoms with Gasteiger partial charge < -0.3 is 24.6 Å². The summed E-state index contributed by atoms with van der Waals surface area (Å²) in [5, 5.41) is 20.1. The van der Waals surface area contributed by atoms with Gasteiger partial charge in [-0.05, 0) is 48.4 Å². The number of Topliss-reactive ketones (excluding diaryl/α,β-unsaturated/α-hetero) is 1. The lowest BCUT2D eigenvalue weighted by atomic mass is 9.95. The monoisotopic (exact) mass is 397 g/mol. The van der Waals surface area contributed by atoms with Crippen molar-refractivity contribution in [1.29, 1.82) is 0 Å². The van der Waals surface area contributed by atoms with E-state index in [9.17, 15) is 19.8 Å². The lowest BCUT2D eigenvalue weighted by Gasteiger charge is -2.25. The molecule has 1 aliphatic rings. The van der Waals surface area contributed by atoms with Gasteiger partial charge in [-0.2, -0.15) is 0 Å². The van der Waals surface area contributed by atoms with Crippen LogP contribution in [0, 0.1) is 0 Å². The Bertz CT molecular complexity index is 917. The Balaban J connectivity index is 2.11. The Kier molecular flexibility index (Phi) is 6.19. The van der Waals surface area contributed by atoms with Crippen LogP contribution in [0.4, 0.5) is 0 Å². The molecule has 2 N–H and O–H groups in total. The third-order valence-corrected chi connectivity index (χ3v) is 4.89. The Morgan fingerprint density at radius 2 is 1.52 bits per heavy atom. The molecule has 1 aliphatic heterocycles. The smallest absolute Gasteiger partial charge is 0.295 e. The van der Waals surface area contributed by atoms with Crippen LogP contribution in [0.3, 0.4) is 0 Å². The van der Waals surface area contributed by atoms with E-state index in [0.29, 0.717) is 29.0 Å². The second-order valence-corrected chi connectivity index (χ2v) is 6.57. The normalized spacial score (nSPS) is 18.2. The summed E-state index contributed by atoms with van der Waals surface area (Å²) in [5.74, 6) is -0.461. The van der Waals surface area contributed by atoms with E-state index in [-0.39, 0.29) is 24.5 Å². The zero-order valence-electron chi connectivity index (χ0n) is 16.3. The summed E-state index contributed by atoms with van der Waals surface area (Å²) in [6.45, 7) is 0.0774. The summed E-state index contributed by atoms with van der Waals surface area (Å²) in [5.41, 5.74) is 1.09. The van der Waals surface area contributed by atoms with Crippen LogP contribution >= 0.6 is 0 Å². The van der Waals surface area contributed by atoms with Gasteiger partial charge in [0.05, 0.1) is 25.8 Å². The summed E-state index contributed by atoms with van der Waals surface area (Å²) in [4.78, 5) is 26.9. The number of methoxy groups -OCH3 is 2. The summed E-state index contributed by atoms with van der Waals surface area (Å²) < 4.78 is 10.3. The van der Waals surface area contributed by atoms with Gasteiger partial charge in [0.25, 0.3) is 11.7 Å². The van der Waals surface area contributed by atoms with Crippen molar-refractivity contribution in [2.75, 3.05) is 27.4 Å². The van der Waals surface area contributed by atoms with Crippen LogP contribution in [-0.2, 0) is 9.59 Å². The van der Waals surface area contributed by atoms with E-state index >= 15 is 0 Å². The second kappa shape index (κ2) is 8.79. The van der Waals surface area contributed by atoms with Crippen LogP contribution in [0.5, 0.6) is 11.5 Å². The number of carbonyl (C=O) groups excluding carboxylic acids is 2. The van der Waals surface area contributed by atoms with Crippen molar-refractivity contribution in [3.63, 3.8) is 0 Å². The number of aliphatic hydroxyl groups excluding tert-OH is 2. The molecular formula is C22H23NO6. The summed E-state index contributed by atoms with van der Waals surface area (Å²) in [6.07, 6.45) is 0.322. The van der Waals surface area contributed by atoms with Gasteiger partial charge in [0.1, 0.15) is 17.3 Å². The molecule has 2 aromatic carbocycles. The molecule has 0 bridgehead atoms. The number of carbonyl (C=O) groups is 2. The van der Waals surface area contributed by atoms with E-state index < -0.39 is 17.7 Å². The maximum absolute atomic E-state index is 12.8. The first-order valence-electron chi connectivity index (χ1n) is 9.19. The molecule has 1 atom stereocenters. The topological polar surface area (TPSA) is 96.3 Å². The molecule has 7 nitrogen and oxygen atoms in total. The van der Waals surface area contributed by atoms with E-state index in [1.807, 2.05) is 0 Å². The minimum atomic E-state index is -0.755. The predicted octanol–water partition coefficient (Wildman–Crippen LogP) is 2.51. The van der Waals surface area contributed by atoms with Gasteiger partial charge in [-0.3, -0.25) is 9.59 Å². The highest BCUT2D eigenvalue weighted by atomic mass is 16.5. The maximum Gasteiger partial charge on any atom is 0.295 e. The Morgan fingerprint density at radius 1 is 0.966 bits per heavy atom. The molecule has 0 radical (unpaired) electrons. The molecule has 0 aromatic heterocycles. The number of ketones is 1. The van der Waals surface area contributed by atoms with Crippen molar-refractivity contribution in [3.05, 3.63) is 65.2 Å². The van der Waals surface area contributed by atoms with Gasteiger partial charge in [0, 0.05) is 18.7 Å². The number of ether oxygens (including phenoxy) is 2. The average molecular weight is 397 g/mol. The molecule has 1 amide bonds. The van der Waals surface area contributed by atoms with Crippen molar-refractivity contribution in [1.82, 2.24) is 4.90 Å². The number of rotatable bonds is 7. The molecule has 0 aliphatic carbocycles. The fraction of sp³-hybridized carbons (Fsp3) is 0.273. The molecule has 1 heterocycles. The van der Waals surface area contributed by atoms with Gasteiger partial charge in [-0.15, -0.1) is 0 Å². The molecule has 1 fully saturated rings. The van der Waals surface area contributed by atoms with Crippen LogP contribution in [0.15, 0.2) is 54.1 Å². The third kappa shape index (κ3) is 3.95. The van der Waals surface area contributed by atoms with Crippen molar-refractivity contribution in [3.8, 4) is 11.5 Å². The number of aliphatic hydroxyl groups is 2. The number of nitrogens with zero attached hydrogens (tertiary/aromatic N) is 1. The van der Waals surface area contributed by atoms with E-state index in [2.05, 4.69) is 0 Å². The first-order chi connectivity index (χ1) is 14.0. The first kappa shape index (κ1) is 20.4. The van der Waals surface area contributed by atoms with Crippen LogP contribution in [0.2, 0.25) is 0 Å². The Hall–Kier alpha value is -3.32. The van der Waals surface area contributed by atoms with Crippen molar-refractivity contribution in [2.45, 2.75) is 12.5 Å². The second-order valence-electron chi connectivity index (χ2n) is 6.57. The zero-order valence-corrected chi connectivity index (χ0v) is 16.3. The Labute approximate surface area is 168 Å². The quantitative estimate of drug-likeness (QED) is 0.423. The molecule has 0 saturated carbocycles. The number of amides is 1. The lowest BCUT2D eigenvalue weighted by molar-refractivity contribution is -0.140. The molecule has 152 valence electrons. The highest BCUT2D eigenvalue weighted by Gasteiger charge is 2.45. The van der Waals surface area contributed by atoms with Crippen LogP contribution in [0.1, 0.15) is 23.6 Å². The SMILES string of the molecule is COc1ccc(/C(O)=C2\C(=O)C(=O)N(CCCO)C2c2ccc(OC)cc2)cc1. The predicted molar refractivity (Wildman–Crippen MR) is 107 cm³/mol. The summed E-state index contributed by atoms with van der Waals surface area (Å²) in [6, 6.07) is 12.8. The minimum Gasteiger partial charge on any atom is -0.507 e. The highest BCUT2D eigenvalue weighted by Crippen LogP contribution is 2.40. The van der Waals surface area contributed by atoms with E-state index in [1.165, 1.54) is 12.0 Å². The molecule has 3 rings (SSSR count). The first-order valence-corrected chi connectivity index (χ1v) is 9.19. The van der Waals surface area contributed by atoms with Gasteiger partial charge in [-0.25, -0.2) is 0 Å². The van der Waals surface area contributed by atoms with Gasteiger partial charge in [0.15, 0.2) is 0 Å². The van der Waals surface area contributed by atoms with Crippen LogP contribution in [0.25, 0.3) is 5.76 Å². The standard InChI is InChI=1S/C22H23NO6/c1-28-16-8-4-14(5-9-16)19-18(21(26)22(27)23(19)12-3-13-24)20(25)15-6-10-17(29-2)11-7-15/h4-11,19,24-25H,3,12-13H2,1-2H3/b20-18+. The molecule has 7 heteroatoms. The number of hydrogen-bond acceptors (Lipinski definition) is 6. The molecule has 29 heavy (non-hydrogen) atoms. The number of hydrogen-bond donors (Lipinski definition) is 2. The van der Waals surface area contributed by atoms with Gasteiger partial charge in [0.2, 0.25) is 0 Å². The zero-order chi connectivity index (χ0) is 21.0. The largest absolute Gasteiger partial charge is 0.507 e. The van der Waals surface area contributed by atoms with Crippen LogP contribution in [-0.4, -0.2) is 54.2 Å². The highest BCUT2D eigenvalue weighted by molar-refractivity contribution is 6.46. The van der Waals surface area contributed by atoms with Crippen molar-refractivity contribution >= 4 is 17.4 Å². The molecule has 1 saturated heterocycles. The van der Waals surface area contributed by atoms with Gasteiger partial charge >= 0.3 is 0 Å². The third-order valence-electron chi connectivity index (χ3n) is 4.89. The summed E-state index contributed by atoms with van der Waals surface area (Å²) >= 11 is 0. The molecule has 1 unspecified atom stereocenters. The fourth-order valence-corrected chi connectivity index (χ4v) is 3.39. The fourth-order valence-electron chi connectivity index (χ4n) is 3.39. The van der Waals surface area contributed by atoms with E-state index in [1.54, 1.807) is 55.6 Å². The number of likely N-dealkylation sites (tertiary alicyclic amines) is 1. The maximum atomic E-state index is 12.8. The minimum absolute atomic E-state index is 0.0169. The summed E-state index contributed by atoms with van der Waals surface area (Å²) in [7, 11) is 3.08. The molecular weight excluding hydrogens is 374 g/mol. The lowest BCUT2D eigenvalue weighted by Crippen LogP contribution is -2.31. The van der Waals surface area contributed by atoms with Crippen LogP contribution < -0.4 is 9.47 Å². The Morgan fingerprint density at radius 3 is 2.03 bits per heavy atom. The molecule has 2 aromatic rings. The van der Waals surface area contributed by atoms with Crippen molar-refractivity contribution in [2.24, 2.45) is 0 Å². The van der Waals surface area contributed by atoms with Gasteiger partial charge in [-0.1, -0.05) is 12.1 Å². The van der Waals surface area contributed by atoms with E-state index in [4.69, 9.17) is 9.47 Å².